The Hall–Kier alpha value is -2.68. The van der Waals surface area contributed by atoms with Gasteiger partial charge in [-0.2, -0.15) is 4.72 Å². The quantitative estimate of drug-likeness (QED) is 0.470. The van der Waals surface area contributed by atoms with E-state index in [4.69, 9.17) is 4.42 Å². The van der Waals surface area contributed by atoms with Gasteiger partial charge in [-0.25, -0.2) is 8.42 Å². The normalized spacial score (nSPS) is 13.2. The number of anilines is 1. The number of benzene rings is 2. The van der Waals surface area contributed by atoms with Crippen LogP contribution in [0.1, 0.15) is 13.8 Å². The number of carbonyl (C=O) groups is 1. The van der Waals surface area contributed by atoms with E-state index in [1.165, 1.54) is 6.07 Å². The standard InChI is InChI=1S/C21H20N2O4S2/c1-13(2)20(23-29(25,26)19-8-5-11-28-19)21(24)22-14-9-10-18-16(12-14)15-6-3-4-7-17(15)27-18/h3-13,20,23H,1-2H3,(H,22,24). The maximum atomic E-state index is 12.9. The van der Waals surface area contributed by atoms with Gasteiger partial charge >= 0.3 is 0 Å². The Labute approximate surface area is 172 Å². The maximum absolute atomic E-state index is 12.9. The Bertz CT molecular complexity index is 1270. The summed E-state index contributed by atoms with van der Waals surface area (Å²) in [5.74, 6) is -0.643. The van der Waals surface area contributed by atoms with E-state index in [0.29, 0.717) is 5.69 Å². The number of carbonyl (C=O) groups excluding carboxylic acids is 1. The van der Waals surface area contributed by atoms with E-state index < -0.39 is 22.0 Å². The average molecular weight is 429 g/mol. The second-order valence-electron chi connectivity index (χ2n) is 7.07. The number of rotatable bonds is 6. The minimum Gasteiger partial charge on any atom is -0.456 e. The molecular weight excluding hydrogens is 408 g/mol. The van der Waals surface area contributed by atoms with Crippen LogP contribution in [0.25, 0.3) is 21.9 Å². The Morgan fingerprint density at radius 1 is 1.00 bits per heavy atom. The molecule has 2 heterocycles. The van der Waals surface area contributed by atoms with Crippen LogP contribution < -0.4 is 10.0 Å². The number of nitrogens with one attached hydrogen (secondary N) is 2. The number of fused-ring (bicyclic) bond motifs is 3. The van der Waals surface area contributed by atoms with E-state index in [0.717, 1.165) is 33.3 Å². The molecule has 0 aliphatic carbocycles. The minimum atomic E-state index is -3.76. The van der Waals surface area contributed by atoms with Crippen molar-refractivity contribution in [3.05, 3.63) is 60.0 Å². The third-order valence-corrected chi connectivity index (χ3v) is 7.47. The molecule has 0 spiro atoms. The van der Waals surface area contributed by atoms with E-state index in [1.54, 1.807) is 37.4 Å². The van der Waals surface area contributed by atoms with E-state index in [1.807, 2.05) is 30.3 Å². The third-order valence-electron chi connectivity index (χ3n) is 4.64. The smallest absolute Gasteiger partial charge is 0.250 e. The molecule has 29 heavy (non-hydrogen) atoms. The van der Waals surface area contributed by atoms with Crippen LogP contribution in [0.5, 0.6) is 0 Å². The van der Waals surface area contributed by atoms with E-state index in [-0.39, 0.29) is 10.1 Å². The fourth-order valence-electron chi connectivity index (χ4n) is 3.16. The van der Waals surface area contributed by atoms with Crippen LogP contribution in [0.2, 0.25) is 0 Å². The first-order valence-corrected chi connectivity index (χ1v) is 11.5. The van der Waals surface area contributed by atoms with Crippen molar-refractivity contribution in [2.24, 2.45) is 5.92 Å². The van der Waals surface area contributed by atoms with Gasteiger partial charge in [0.05, 0.1) is 0 Å². The van der Waals surface area contributed by atoms with Gasteiger partial charge in [0.1, 0.15) is 21.4 Å². The highest BCUT2D eigenvalue weighted by molar-refractivity contribution is 7.91. The molecule has 6 nitrogen and oxygen atoms in total. The van der Waals surface area contributed by atoms with Crippen LogP contribution in [0.15, 0.2) is 68.6 Å². The zero-order chi connectivity index (χ0) is 20.6. The Morgan fingerprint density at radius 2 is 1.76 bits per heavy atom. The van der Waals surface area contributed by atoms with Crippen molar-refractivity contribution in [1.29, 1.82) is 0 Å². The molecule has 0 fully saturated rings. The van der Waals surface area contributed by atoms with Crippen LogP contribution in [0.3, 0.4) is 0 Å². The van der Waals surface area contributed by atoms with Crippen molar-refractivity contribution in [3.8, 4) is 0 Å². The average Bonchev–Trinajstić information content (AvgIpc) is 3.34. The van der Waals surface area contributed by atoms with E-state index >= 15 is 0 Å². The molecule has 2 aromatic heterocycles. The Kier molecular flexibility index (Phi) is 5.16. The fraction of sp³-hybridized carbons (Fsp3) is 0.190. The predicted octanol–water partition coefficient (Wildman–Crippen LogP) is 4.59. The predicted molar refractivity (Wildman–Crippen MR) is 116 cm³/mol. The monoisotopic (exact) mass is 428 g/mol. The Balaban J connectivity index is 1.60. The lowest BCUT2D eigenvalue weighted by Gasteiger charge is -2.21. The molecule has 4 aromatic rings. The fourth-order valence-corrected chi connectivity index (χ4v) is 5.51. The number of thiophene rings is 1. The van der Waals surface area contributed by atoms with Gasteiger partial charge in [-0.3, -0.25) is 4.79 Å². The largest absolute Gasteiger partial charge is 0.456 e. The van der Waals surface area contributed by atoms with Crippen LogP contribution >= 0.6 is 11.3 Å². The topological polar surface area (TPSA) is 88.4 Å². The van der Waals surface area contributed by atoms with Gasteiger partial charge in [0.15, 0.2) is 0 Å². The van der Waals surface area contributed by atoms with Crippen molar-refractivity contribution in [3.63, 3.8) is 0 Å². The highest BCUT2D eigenvalue weighted by atomic mass is 32.2. The lowest BCUT2D eigenvalue weighted by atomic mass is 10.0. The molecule has 8 heteroatoms. The summed E-state index contributed by atoms with van der Waals surface area (Å²) in [5, 5.41) is 6.36. The summed E-state index contributed by atoms with van der Waals surface area (Å²) < 4.78 is 33.6. The zero-order valence-corrected chi connectivity index (χ0v) is 17.5. The van der Waals surface area contributed by atoms with Gasteiger partial charge in [-0.05, 0) is 41.6 Å². The van der Waals surface area contributed by atoms with Gasteiger partial charge < -0.3 is 9.73 Å². The van der Waals surface area contributed by atoms with Gasteiger partial charge in [0.25, 0.3) is 10.0 Å². The second-order valence-corrected chi connectivity index (χ2v) is 9.96. The second kappa shape index (κ2) is 7.62. The summed E-state index contributed by atoms with van der Waals surface area (Å²) in [4.78, 5) is 12.9. The molecule has 4 rings (SSSR count). The molecule has 150 valence electrons. The van der Waals surface area contributed by atoms with Crippen LogP contribution in [-0.4, -0.2) is 20.4 Å². The zero-order valence-electron chi connectivity index (χ0n) is 15.9. The van der Waals surface area contributed by atoms with Crippen molar-refractivity contribution in [1.82, 2.24) is 4.72 Å². The molecule has 0 bridgehead atoms. The lowest BCUT2D eigenvalue weighted by molar-refractivity contribution is -0.118. The molecule has 1 atom stereocenters. The number of hydrogen-bond donors (Lipinski definition) is 2. The molecule has 0 aliphatic heterocycles. The molecule has 1 unspecified atom stereocenters. The van der Waals surface area contributed by atoms with E-state index in [9.17, 15) is 13.2 Å². The Morgan fingerprint density at radius 3 is 2.48 bits per heavy atom. The minimum absolute atomic E-state index is 0.183. The maximum Gasteiger partial charge on any atom is 0.250 e. The number of sulfonamides is 1. The number of hydrogen-bond acceptors (Lipinski definition) is 5. The van der Waals surface area contributed by atoms with Gasteiger partial charge in [0.2, 0.25) is 5.91 Å². The number of amides is 1. The molecule has 2 aromatic carbocycles. The number of furan rings is 1. The first kappa shape index (κ1) is 19.6. The van der Waals surface area contributed by atoms with Crippen molar-refractivity contribution >= 4 is 54.9 Å². The van der Waals surface area contributed by atoms with Gasteiger partial charge in [-0.1, -0.05) is 38.1 Å². The summed E-state index contributed by atoms with van der Waals surface area (Å²) in [7, 11) is -3.76. The SMILES string of the molecule is CC(C)C(NS(=O)(=O)c1cccs1)C(=O)Nc1ccc2oc3ccccc3c2c1. The summed E-state index contributed by atoms with van der Waals surface area (Å²) >= 11 is 1.11. The van der Waals surface area contributed by atoms with Gasteiger partial charge in [0, 0.05) is 16.5 Å². The lowest BCUT2D eigenvalue weighted by Crippen LogP contribution is -2.46. The highest BCUT2D eigenvalue weighted by Crippen LogP contribution is 2.30. The van der Waals surface area contributed by atoms with Crippen molar-refractivity contribution in [2.75, 3.05) is 5.32 Å². The summed E-state index contributed by atoms with van der Waals surface area (Å²) in [6.45, 7) is 3.60. The molecule has 0 saturated carbocycles. The third kappa shape index (κ3) is 3.91. The highest BCUT2D eigenvalue weighted by Gasteiger charge is 2.29. The first-order valence-electron chi connectivity index (χ1n) is 9.13. The molecule has 0 saturated heterocycles. The molecule has 0 aliphatic rings. The molecule has 1 amide bonds. The molecule has 0 radical (unpaired) electrons. The summed E-state index contributed by atoms with van der Waals surface area (Å²) in [6, 6.07) is 15.3. The van der Waals surface area contributed by atoms with Gasteiger partial charge in [-0.15, -0.1) is 11.3 Å². The van der Waals surface area contributed by atoms with Crippen molar-refractivity contribution in [2.45, 2.75) is 24.1 Å². The first-order chi connectivity index (χ1) is 13.8. The molecular formula is C21H20N2O4S2. The van der Waals surface area contributed by atoms with E-state index in [2.05, 4.69) is 10.0 Å². The van der Waals surface area contributed by atoms with Crippen LogP contribution in [0.4, 0.5) is 5.69 Å². The summed E-state index contributed by atoms with van der Waals surface area (Å²) in [5.41, 5.74) is 2.08. The van der Waals surface area contributed by atoms with Crippen molar-refractivity contribution < 1.29 is 17.6 Å². The molecule has 2 N–H and O–H groups in total. The van der Waals surface area contributed by atoms with Crippen LogP contribution in [-0.2, 0) is 14.8 Å². The summed E-state index contributed by atoms with van der Waals surface area (Å²) in [6.07, 6.45) is 0. The number of para-hydroxylation sites is 1. The van der Waals surface area contributed by atoms with Crippen LogP contribution in [0, 0.1) is 5.92 Å².